The second-order valence-corrected chi connectivity index (χ2v) is 4.78. The smallest absolute Gasteiger partial charge is 0.326 e. The molecule has 1 N–H and O–H groups in total. The minimum atomic E-state index is -0.889. The highest BCUT2D eigenvalue weighted by molar-refractivity contribution is 5.84. The van der Waals surface area contributed by atoms with Crippen molar-refractivity contribution < 1.29 is 19.4 Å². The summed E-state index contributed by atoms with van der Waals surface area (Å²) in [6.45, 7) is 1.29. The number of carbonyl (C=O) groups is 2. The number of carboxylic acid groups (broad SMARTS) is 1. The molecule has 1 amide bonds. The van der Waals surface area contributed by atoms with E-state index in [1.54, 1.807) is 0 Å². The molecule has 0 saturated carbocycles. The van der Waals surface area contributed by atoms with Crippen molar-refractivity contribution in [1.29, 1.82) is 0 Å². The topological polar surface area (TPSA) is 66.8 Å². The van der Waals surface area contributed by atoms with Crippen LogP contribution < -0.4 is 0 Å². The van der Waals surface area contributed by atoms with E-state index in [9.17, 15) is 9.59 Å². The lowest BCUT2D eigenvalue weighted by Crippen LogP contribution is -2.42. The van der Waals surface area contributed by atoms with Crippen LogP contribution in [-0.4, -0.2) is 47.2 Å². The van der Waals surface area contributed by atoms with Crippen molar-refractivity contribution in [3.05, 3.63) is 0 Å². The lowest BCUT2D eigenvalue weighted by atomic mass is 10.1. The van der Waals surface area contributed by atoms with Gasteiger partial charge in [-0.15, -0.1) is 0 Å². The molecule has 0 aromatic carbocycles. The fourth-order valence-electron chi connectivity index (χ4n) is 2.60. The first kappa shape index (κ1) is 12.4. The Balaban J connectivity index is 1.88. The highest BCUT2D eigenvalue weighted by atomic mass is 16.5. The number of aliphatic carboxylic acids is 1. The highest BCUT2D eigenvalue weighted by Gasteiger charge is 2.34. The van der Waals surface area contributed by atoms with E-state index in [2.05, 4.69) is 0 Å². The molecule has 0 aromatic rings. The van der Waals surface area contributed by atoms with Gasteiger partial charge in [0.1, 0.15) is 6.04 Å². The second kappa shape index (κ2) is 5.49. The minimum Gasteiger partial charge on any atom is -0.480 e. The van der Waals surface area contributed by atoms with Crippen LogP contribution in [0.5, 0.6) is 0 Å². The van der Waals surface area contributed by atoms with Gasteiger partial charge in [0.15, 0.2) is 0 Å². The summed E-state index contributed by atoms with van der Waals surface area (Å²) in [4.78, 5) is 24.5. The summed E-state index contributed by atoms with van der Waals surface area (Å²) in [5.74, 6) is -0.956. The molecular weight excluding hydrogens is 222 g/mol. The van der Waals surface area contributed by atoms with Gasteiger partial charge in [-0.05, 0) is 32.1 Å². The Bertz CT molecular complexity index is 299. The minimum absolute atomic E-state index is 0.00806. The van der Waals surface area contributed by atoms with Crippen molar-refractivity contribution in [2.24, 2.45) is 0 Å². The first-order valence-electron chi connectivity index (χ1n) is 6.32. The molecule has 5 heteroatoms. The zero-order chi connectivity index (χ0) is 12.3. The Morgan fingerprint density at radius 2 is 2.06 bits per heavy atom. The Morgan fingerprint density at radius 1 is 1.24 bits per heavy atom. The van der Waals surface area contributed by atoms with Crippen LogP contribution in [0.1, 0.15) is 38.5 Å². The number of ether oxygens (including phenoxy) is 1. The van der Waals surface area contributed by atoms with Crippen LogP contribution in [0.15, 0.2) is 0 Å². The maximum atomic E-state index is 12.0. The van der Waals surface area contributed by atoms with Crippen LogP contribution in [0.2, 0.25) is 0 Å². The average Bonchev–Trinajstić information content (AvgIpc) is 2.79. The Morgan fingerprint density at radius 3 is 2.71 bits per heavy atom. The maximum absolute atomic E-state index is 12.0. The first-order chi connectivity index (χ1) is 8.18. The van der Waals surface area contributed by atoms with Gasteiger partial charge in [0, 0.05) is 13.2 Å². The Labute approximate surface area is 101 Å². The number of carbonyl (C=O) groups excluding carboxylic acids is 1. The van der Waals surface area contributed by atoms with Crippen molar-refractivity contribution in [2.45, 2.75) is 50.7 Å². The van der Waals surface area contributed by atoms with Crippen LogP contribution in [0, 0.1) is 0 Å². The molecule has 96 valence electrons. The number of hydrogen-bond acceptors (Lipinski definition) is 3. The van der Waals surface area contributed by atoms with E-state index in [4.69, 9.17) is 9.84 Å². The first-order valence-corrected chi connectivity index (χ1v) is 6.32. The maximum Gasteiger partial charge on any atom is 0.326 e. The predicted molar refractivity (Wildman–Crippen MR) is 60.6 cm³/mol. The zero-order valence-electron chi connectivity index (χ0n) is 9.93. The van der Waals surface area contributed by atoms with Crippen molar-refractivity contribution in [3.63, 3.8) is 0 Å². The van der Waals surface area contributed by atoms with Crippen molar-refractivity contribution >= 4 is 11.9 Å². The van der Waals surface area contributed by atoms with Gasteiger partial charge in [0.25, 0.3) is 0 Å². The third-order valence-corrected chi connectivity index (χ3v) is 3.53. The van der Waals surface area contributed by atoms with E-state index >= 15 is 0 Å². The van der Waals surface area contributed by atoms with Crippen molar-refractivity contribution in [3.8, 4) is 0 Å². The molecule has 2 fully saturated rings. The molecule has 0 radical (unpaired) electrons. The molecular formula is C12H19NO4. The van der Waals surface area contributed by atoms with Gasteiger partial charge in [-0.25, -0.2) is 4.79 Å². The Hall–Kier alpha value is -1.10. The highest BCUT2D eigenvalue weighted by Crippen LogP contribution is 2.22. The molecule has 5 nitrogen and oxygen atoms in total. The third-order valence-electron chi connectivity index (χ3n) is 3.53. The number of carboxylic acids is 1. The van der Waals surface area contributed by atoms with Crippen molar-refractivity contribution in [1.82, 2.24) is 4.90 Å². The molecule has 2 rings (SSSR count). The predicted octanol–water partition coefficient (Wildman–Crippen LogP) is 1.02. The molecule has 0 spiro atoms. The van der Waals surface area contributed by atoms with Gasteiger partial charge in [-0.1, -0.05) is 0 Å². The number of likely N-dealkylation sites (tertiary alicyclic amines) is 1. The van der Waals surface area contributed by atoms with Crippen LogP contribution in [-0.2, 0) is 14.3 Å². The van der Waals surface area contributed by atoms with E-state index in [0.29, 0.717) is 19.4 Å². The van der Waals surface area contributed by atoms with Crippen LogP contribution >= 0.6 is 0 Å². The van der Waals surface area contributed by atoms with Gasteiger partial charge in [-0.3, -0.25) is 4.79 Å². The van der Waals surface area contributed by atoms with E-state index in [0.717, 1.165) is 32.3 Å². The summed E-state index contributed by atoms with van der Waals surface area (Å²) in [7, 11) is 0. The van der Waals surface area contributed by atoms with Gasteiger partial charge < -0.3 is 14.7 Å². The quantitative estimate of drug-likeness (QED) is 0.801. The molecule has 2 aliphatic rings. The fourth-order valence-corrected chi connectivity index (χ4v) is 2.60. The molecule has 17 heavy (non-hydrogen) atoms. The summed E-state index contributed by atoms with van der Waals surface area (Å²) in [5.41, 5.74) is 0. The van der Waals surface area contributed by atoms with Crippen molar-refractivity contribution in [2.75, 3.05) is 13.2 Å². The van der Waals surface area contributed by atoms with E-state index in [1.165, 1.54) is 4.90 Å². The molecule has 0 aromatic heterocycles. The normalized spacial score (nSPS) is 29.3. The molecule has 2 unspecified atom stereocenters. The largest absolute Gasteiger partial charge is 0.480 e. The standard InChI is InChI=1S/C12H19NO4/c14-11(8-9-4-1-2-7-17-9)13-6-3-5-10(13)12(15)16/h9-10H,1-8H2,(H,15,16). The number of amides is 1. The number of rotatable bonds is 3. The fraction of sp³-hybridized carbons (Fsp3) is 0.833. The van der Waals surface area contributed by atoms with Gasteiger partial charge in [0.05, 0.1) is 12.5 Å². The lowest BCUT2D eigenvalue weighted by Gasteiger charge is -2.26. The number of hydrogen-bond donors (Lipinski definition) is 1. The van der Waals surface area contributed by atoms with E-state index in [1.807, 2.05) is 0 Å². The third kappa shape index (κ3) is 2.97. The average molecular weight is 241 g/mol. The summed E-state index contributed by atoms with van der Waals surface area (Å²) in [5, 5.41) is 9.01. The SMILES string of the molecule is O=C(O)C1CCCN1C(=O)CC1CCCCO1. The number of nitrogens with zero attached hydrogens (tertiary/aromatic N) is 1. The van der Waals surface area contributed by atoms with Crippen LogP contribution in [0.4, 0.5) is 0 Å². The molecule has 2 aliphatic heterocycles. The molecule has 0 bridgehead atoms. The monoisotopic (exact) mass is 241 g/mol. The molecule has 0 aliphatic carbocycles. The van der Waals surface area contributed by atoms with Gasteiger partial charge >= 0.3 is 5.97 Å². The summed E-state index contributed by atoms with van der Waals surface area (Å²) in [6.07, 6.45) is 4.76. The van der Waals surface area contributed by atoms with Crippen LogP contribution in [0.25, 0.3) is 0 Å². The van der Waals surface area contributed by atoms with E-state index in [-0.39, 0.29) is 12.0 Å². The van der Waals surface area contributed by atoms with Crippen LogP contribution in [0.3, 0.4) is 0 Å². The second-order valence-electron chi connectivity index (χ2n) is 4.78. The molecule has 2 heterocycles. The summed E-state index contributed by atoms with van der Waals surface area (Å²) in [6, 6.07) is -0.619. The van der Waals surface area contributed by atoms with Gasteiger partial charge in [-0.2, -0.15) is 0 Å². The molecule has 2 saturated heterocycles. The lowest BCUT2D eigenvalue weighted by molar-refractivity contribution is -0.149. The molecule has 2 atom stereocenters. The zero-order valence-corrected chi connectivity index (χ0v) is 9.93. The summed E-state index contributed by atoms with van der Waals surface area (Å²) >= 11 is 0. The van der Waals surface area contributed by atoms with E-state index < -0.39 is 12.0 Å². The summed E-state index contributed by atoms with van der Waals surface area (Å²) < 4.78 is 5.51. The Kier molecular flexibility index (Phi) is 3.99. The van der Waals surface area contributed by atoms with Gasteiger partial charge in [0.2, 0.25) is 5.91 Å².